The molecule has 1 amide bonds. The molecule has 5 nitrogen and oxygen atoms in total. The normalized spacial score (nSPS) is 15.6. The van der Waals surface area contributed by atoms with E-state index in [1.807, 2.05) is 12.1 Å². The number of sulfonamides is 1. The summed E-state index contributed by atoms with van der Waals surface area (Å²) in [6.07, 6.45) is 6.63. The molecule has 1 saturated carbocycles. The molecule has 0 atom stereocenters. The zero-order valence-corrected chi connectivity index (χ0v) is 14.7. The van der Waals surface area contributed by atoms with Crippen LogP contribution in [0.5, 0.6) is 0 Å². The van der Waals surface area contributed by atoms with E-state index in [1.54, 1.807) is 12.1 Å². The molecule has 0 unspecified atom stereocenters. The van der Waals surface area contributed by atoms with Crippen molar-refractivity contribution < 1.29 is 13.2 Å². The monoisotopic (exact) mass is 338 g/mol. The fourth-order valence-corrected chi connectivity index (χ4v) is 3.88. The summed E-state index contributed by atoms with van der Waals surface area (Å²) in [5.41, 5.74) is 1.76. The molecular formula is C17H26N2O3S. The predicted octanol–water partition coefficient (Wildman–Crippen LogP) is 2.46. The Labute approximate surface area is 139 Å². The SMILES string of the molecule is CCc1ccc(N(CCC(=O)NC2CCCC2)S(C)(=O)=O)cc1. The molecule has 1 aromatic carbocycles. The van der Waals surface area contributed by atoms with Gasteiger partial charge < -0.3 is 5.32 Å². The Morgan fingerprint density at radius 2 is 1.83 bits per heavy atom. The molecule has 0 radical (unpaired) electrons. The van der Waals surface area contributed by atoms with E-state index in [2.05, 4.69) is 12.2 Å². The lowest BCUT2D eigenvalue weighted by Crippen LogP contribution is -2.37. The highest BCUT2D eigenvalue weighted by Gasteiger charge is 2.21. The first kappa shape index (κ1) is 17.8. The van der Waals surface area contributed by atoms with E-state index >= 15 is 0 Å². The minimum Gasteiger partial charge on any atom is -0.353 e. The Hall–Kier alpha value is -1.56. The Bertz CT molecular complexity index is 620. The van der Waals surface area contributed by atoms with Gasteiger partial charge in [0.1, 0.15) is 0 Å². The van der Waals surface area contributed by atoms with Crippen LogP contribution in [-0.2, 0) is 21.2 Å². The van der Waals surface area contributed by atoms with Gasteiger partial charge >= 0.3 is 0 Å². The van der Waals surface area contributed by atoms with Crippen LogP contribution in [0.3, 0.4) is 0 Å². The van der Waals surface area contributed by atoms with Crippen molar-refractivity contribution in [2.75, 3.05) is 17.1 Å². The highest BCUT2D eigenvalue weighted by Crippen LogP contribution is 2.20. The van der Waals surface area contributed by atoms with Gasteiger partial charge in [0.2, 0.25) is 15.9 Å². The maximum atomic E-state index is 12.0. The summed E-state index contributed by atoms with van der Waals surface area (Å²) in [6, 6.07) is 7.71. The third-order valence-corrected chi connectivity index (χ3v) is 5.49. The van der Waals surface area contributed by atoms with E-state index in [9.17, 15) is 13.2 Å². The highest BCUT2D eigenvalue weighted by molar-refractivity contribution is 7.92. The summed E-state index contributed by atoms with van der Waals surface area (Å²) >= 11 is 0. The summed E-state index contributed by atoms with van der Waals surface area (Å²) in [6.45, 7) is 2.22. The number of rotatable bonds is 7. The van der Waals surface area contributed by atoms with Crippen molar-refractivity contribution in [3.63, 3.8) is 0 Å². The number of aryl methyl sites for hydroxylation is 1. The molecule has 6 heteroatoms. The van der Waals surface area contributed by atoms with Gasteiger partial charge in [0.15, 0.2) is 0 Å². The number of nitrogens with zero attached hydrogens (tertiary/aromatic N) is 1. The number of carbonyl (C=O) groups is 1. The molecule has 1 aromatic rings. The van der Waals surface area contributed by atoms with Gasteiger partial charge in [0, 0.05) is 19.0 Å². The van der Waals surface area contributed by atoms with Gasteiger partial charge in [-0.05, 0) is 37.0 Å². The molecule has 23 heavy (non-hydrogen) atoms. The Morgan fingerprint density at radius 1 is 1.22 bits per heavy atom. The van der Waals surface area contributed by atoms with Gasteiger partial charge in [-0.2, -0.15) is 0 Å². The van der Waals surface area contributed by atoms with E-state index in [0.29, 0.717) is 5.69 Å². The Morgan fingerprint density at radius 3 is 2.35 bits per heavy atom. The maximum absolute atomic E-state index is 12.0. The average Bonchev–Trinajstić information content (AvgIpc) is 2.99. The number of anilines is 1. The minimum absolute atomic E-state index is 0.0734. The number of amides is 1. The van der Waals surface area contributed by atoms with Gasteiger partial charge in [-0.3, -0.25) is 9.10 Å². The number of hydrogen-bond donors (Lipinski definition) is 1. The first-order chi connectivity index (χ1) is 10.9. The summed E-state index contributed by atoms with van der Waals surface area (Å²) in [5, 5.41) is 2.99. The van der Waals surface area contributed by atoms with Crippen LogP contribution in [0.15, 0.2) is 24.3 Å². The predicted molar refractivity (Wildman–Crippen MR) is 93.0 cm³/mol. The van der Waals surface area contributed by atoms with Crippen molar-refractivity contribution in [1.82, 2.24) is 5.32 Å². The van der Waals surface area contributed by atoms with Crippen LogP contribution in [0.2, 0.25) is 0 Å². The van der Waals surface area contributed by atoms with Crippen LogP contribution in [-0.4, -0.2) is 33.2 Å². The molecule has 0 bridgehead atoms. The largest absolute Gasteiger partial charge is 0.353 e. The van der Waals surface area contributed by atoms with Crippen molar-refractivity contribution in [2.24, 2.45) is 0 Å². The van der Waals surface area contributed by atoms with E-state index in [1.165, 1.54) is 10.6 Å². The molecule has 1 aliphatic carbocycles. The van der Waals surface area contributed by atoms with Crippen molar-refractivity contribution in [1.29, 1.82) is 0 Å². The molecule has 1 aliphatic rings. The second-order valence-electron chi connectivity index (χ2n) is 6.15. The van der Waals surface area contributed by atoms with Crippen molar-refractivity contribution in [3.05, 3.63) is 29.8 Å². The van der Waals surface area contributed by atoms with Crippen molar-refractivity contribution in [3.8, 4) is 0 Å². The topological polar surface area (TPSA) is 66.5 Å². The Balaban J connectivity index is 1.99. The van der Waals surface area contributed by atoms with E-state index < -0.39 is 10.0 Å². The average molecular weight is 338 g/mol. The molecule has 0 saturated heterocycles. The molecule has 1 N–H and O–H groups in total. The van der Waals surface area contributed by atoms with E-state index in [0.717, 1.165) is 37.7 Å². The van der Waals surface area contributed by atoms with Crippen molar-refractivity contribution in [2.45, 2.75) is 51.5 Å². The van der Waals surface area contributed by atoms with Gasteiger partial charge in [-0.25, -0.2) is 8.42 Å². The lowest BCUT2D eigenvalue weighted by atomic mass is 10.1. The molecular weight excluding hydrogens is 312 g/mol. The third-order valence-electron chi connectivity index (χ3n) is 4.30. The summed E-state index contributed by atoms with van der Waals surface area (Å²) in [5.74, 6) is -0.0734. The van der Waals surface area contributed by atoms with Crippen LogP contribution in [0.1, 0.15) is 44.6 Å². The molecule has 2 rings (SSSR count). The minimum atomic E-state index is -3.41. The van der Waals surface area contributed by atoms with Gasteiger partial charge in [0.05, 0.1) is 11.9 Å². The lowest BCUT2D eigenvalue weighted by molar-refractivity contribution is -0.121. The fourth-order valence-electron chi connectivity index (χ4n) is 2.96. The number of benzene rings is 1. The first-order valence-corrected chi connectivity index (χ1v) is 10.1. The number of hydrogen-bond acceptors (Lipinski definition) is 3. The fraction of sp³-hybridized carbons (Fsp3) is 0.588. The second kappa shape index (κ2) is 7.81. The zero-order valence-electron chi connectivity index (χ0n) is 13.9. The second-order valence-corrected chi connectivity index (χ2v) is 8.06. The van der Waals surface area contributed by atoms with Crippen LogP contribution >= 0.6 is 0 Å². The summed E-state index contributed by atoms with van der Waals surface area (Å²) < 4.78 is 25.4. The molecule has 0 aromatic heterocycles. The molecule has 128 valence electrons. The molecule has 0 aliphatic heterocycles. The Kier molecular flexibility index (Phi) is 6.04. The smallest absolute Gasteiger partial charge is 0.232 e. The summed E-state index contributed by atoms with van der Waals surface area (Å²) in [4.78, 5) is 12.0. The first-order valence-electron chi connectivity index (χ1n) is 8.26. The third kappa shape index (κ3) is 5.23. The van der Waals surface area contributed by atoms with Crippen molar-refractivity contribution >= 4 is 21.6 Å². The van der Waals surface area contributed by atoms with Gasteiger partial charge in [-0.15, -0.1) is 0 Å². The number of carbonyl (C=O) groups excluding carboxylic acids is 1. The zero-order chi connectivity index (χ0) is 16.9. The van der Waals surface area contributed by atoms with E-state index in [-0.39, 0.29) is 24.9 Å². The number of nitrogens with one attached hydrogen (secondary N) is 1. The highest BCUT2D eigenvalue weighted by atomic mass is 32.2. The van der Waals surface area contributed by atoms with Crippen LogP contribution in [0.25, 0.3) is 0 Å². The standard InChI is InChI=1S/C17H26N2O3S/c1-3-14-8-10-16(11-9-14)19(23(2,21)22)13-12-17(20)18-15-6-4-5-7-15/h8-11,15H,3-7,12-13H2,1-2H3,(H,18,20). The van der Waals surface area contributed by atoms with E-state index in [4.69, 9.17) is 0 Å². The van der Waals surface area contributed by atoms with Gasteiger partial charge in [-0.1, -0.05) is 31.9 Å². The van der Waals surface area contributed by atoms with Crippen LogP contribution < -0.4 is 9.62 Å². The molecule has 0 spiro atoms. The quantitative estimate of drug-likeness (QED) is 0.830. The maximum Gasteiger partial charge on any atom is 0.232 e. The lowest BCUT2D eigenvalue weighted by Gasteiger charge is -2.23. The van der Waals surface area contributed by atoms with Gasteiger partial charge in [0.25, 0.3) is 0 Å². The molecule has 1 fully saturated rings. The molecule has 0 heterocycles. The van der Waals surface area contributed by atoms with Crippen LogP contribution in [0.4, 0.5) is 5.69 Å². The van der Waals surface area contributed by atoms with Crippen LogP contribution in [0, 0.1) is 0 Å². The summed E-state index contributed by atoms with van der Waals surface area (Å²) in [7, 11) is -3.41.